The van der Waals surface area contributed by atoms with Crippen molar-refractivity contribution in [2.24, 2.45) is 5.92 Å². The van der Waals surface area contributed by atoms with Gasteiger partial charge in [0, 0.05) is 7.11 Å². The molecule has 0 aromatic rings. The standard InChI is InChI=1S/C7H12Cl2O/c1-5(2)6(10-3)4-7(8)9/h4-6H,1-3H3. The van der Waals surface area contributed by atoms with Crippen molar-refractivity contribution in [2.75, 3.05) is 7.11 Å². The second-order valence-electron chi connectivity index (χ2n) is 2.40. The van der Waals surface area contributed by atoms with Crippen molar-refractivity contribution in [1.82, 2.24) is 0 Å². The second kappa shape index (κ2) is 5.00. The Bertz CT molecular complexity index is 117. The second-order valence-corrected chi connectivity index (χ2v) is 3.41. The van der Waals surface area contributed by atoms with Gasteiger partial charge in [-0.2, -0.15) is 0 Å². The zero-order valence-electron chi connectivity index (χ0n) is 6.40. The molecule has 0 fully saturated rings. The highest BCUT2D eigenvalue weighted by atomic mass is 35.5. The first-order valence-electron chi connectivity index (χ1n) is 3.13. The molecule has 0 rings (SSSR count). The third-order valence-corrected chi connectivity index (χ3v) is 1.47. The van der Waals surface area contributed by atoms with Crippen LogP contribution in [0.4, 0.5) is 0 Å². The van der Waals surface area contributed by atoms with Crippen LogP contribution in [0.5, 0.6) is 0 Å². The maximum Gasteiger partial charge on any atom is 0.105 e. The van der Waals surface area contributed by atoms with Crippen LogP contribution >= 0.6 is 23.2 Å². The number of hydrogen-bond donors (Lipinski definition) is 0. The van der Waals surface area contributed by atoms with Crippen molar-refractivity contribution in [2.45, 2.75) is 20.0 Å². The van der Waals surface area contributed by atoms with Crippen LogP contribution < -0.4 is 0 Å². The van der Waals surface area contributed by atoms with Crippen LogP contribution in [-0.2, 0) is 4.74 Å². The molecule has 0 saturated carbocycles. The summed E-state index contributed by atoms with van der Waals surface area (Å²) >= 11 is 10.9. The summed E-state index contributed by atoms with van der Waals surface area (Å²) in [6.45, 7) is 4.09. The van der Waals surface area contributed by atoms with Gasteiger partial charge in [0.1, 0.15) is 4.49 Å². The fraction of sp³-hybridized carbons (Fsp3) is 0.714. The van der Waals surface area contributed by atoms with Crippen molar-refractivity contribution in [3.8, 4) is 0 Å². The van der Waals surface area contributed by atoms with Crippen molar-refractivity contribution in [3.05, 3.63) is 10.6 Å². The van der Waals surface area contributed by atoms with Gasteiger partial charge in [0.15, 0.2) is 0 Å². The van der Waals surface area contributed by atoms with Gasteiger partial charge in [0.2, 0.25) is 0 Å². The van der Waals surface area contributed by atoms with Gasteiger partial charge in [0.25, 0.3) is 0 Å². The smallest absolute Gasteiger partial charge is 0.105 e. The Labute approximate surface area is 72.0 Å². The van der Waals surface area contributed by atoms with Crippen LogP contribution in [0.3, 0.4) is 0 Å². The van der Waals surface area contributed by atoms with Crippen LogP contribution in [0.15, 0.2) is 10.6 Å². The Morgan fingerprint density at radius 1 is 1.40 bits per heavy atom. The summed E-state index contributed by atoms with van der Waals surface area (Å²) in [6.07, 6.45) is 1.71. The van der Waals surface area contributed by atoms with Crippen molar-refractivity contribution < 1.29 is 4.74 Å². The van der Waals surface area contributed by atoms with Gasteiger partial charge in [-0.25, -0.2) is 0 Å². The Kier molecular flexibility index (Phi) is 5.14. The zero-order chi connectivity index (χ0) is 8.15. The molecule has 0 saturated heterocycles. The van der Waals surface area contributed by atoms with Gasteiger partial charge in [0.05, 0.1) is 6.10 Å². The van der Waals surface area contributed by atoms with Crippen LogP contribution in [0, 0.1) is 5.92 Å². The molecule has 0 aliphatic rings. The Morgan fingerprint density at radius 2 is 1.90 bits per heavy atom. The highest BCUT2D eigenvalue weighted by Gasteiger charge is 2.08. The van der Waals surface area contributed by atoms with Gasteiger partial charge >= 0.3 is 0 Å². The quantitative estimate of drug-likeness (QED) is 0.653. The summed E-state index contributed by atoms with van der Waals surface area (Å²) in [5, 5.41) is 0. The fourth-order valence-electron chi connectivity index (χ4n) is 0.657. The SMILES string of the molecule is COC(C=C(Cl)Cl)C(C)C. The normalized spacial score (nSPS) is 13.4. The first-order valence-corrected chi connectivity index (χ1v) is 3.89. The lowest BCUT2D eigenvalue weighted by atomic mass is 10.1. The molecule has 0 bridgehead atoms. The van der Waals surface area contributed by atoms with Crippen LogP contribution in [0.25, 0.3) is 0 Å². The van der Waals surface area contributed by atoms with E-state index in [4.69, 9.17) is 27.9 Å². The van der Waals surface area contributed by atoms with Crippen LogP contribution in [0.1, 0.15) is 13.8 Å². The molecule has 60 valence electrons. The topological polar surface area (TPSA) is 9.23 Å². The number of halogens is 2. The average Bonchev–Trinajstić information content (AvgIpc) is 1.81. The van der Waals surface area contributed by atoms with Gasteiger partial charge in [-0.3, -0.25) is 0 Å². The maximum atomic E-state index is 5.44. The molecule has 1 atom stereocenters. The molecular formula is C7H12Cl2O. The summed E-state index contributed by atoms with van der Waals surface area (Å²) in [7, 11) is 1.64. The molecule has 10 heavy (non-hydrogen) atoms. The molecule has 1 unspecified atom stereocenters. The van der Waals surface area contributed by atoms with Crippen molar-refractivity contribution in [3.63, 3.8) is 0 Å². The molecule has 0 aliphatic heterocycles. The largest absolute Gasteiger partial charge is 0.377 e. The molecule has 0 amide bonds. The lowest BCUT2D eigenvalue weighted by Gasteiger charge is -2.14. The van der Waals surface area contributed by atoms with E-state index < -0.39 is 0 Å². The molecule has 0 heterocycles. The third-order valence-electron chi connectivity index (χ3n) is 1.22. The van der Waals surface area contributed by atoms with Crippen molar-refractivity contribution in [1.29, 1.82) is 0 Å². The van der Waals surface area contributed by atoms with E-state index in [1.807, 2.05) is 13.8 Å². The molecule has 0 spiro atoms. The van der Waals surface area contributed by atoms with E-state index in [2.05, 4.69) is 0 Å². The van der Waals surface area contributed by atoms with Gasteiger partial charge < -0.3 is 4.74 Å². The number of methoxy groups -OCH3 is 1. The van der Waals surface area contributed by atoms with E-state index in [9.17, 15) is 0 Å². The number of hydrogen-bond acceptors (Lipinski definition) is 1. The molecule has 3 heteroatoms. The van der Waals surface area contributed by atoms with E-state index in [0.29, 0.717) is 5.92 Å². The summed E-state index contributed by atoms with van der Waals surface area (Å²) in [5.74, 6) is 0.400. The molecule has 0 radical (unpaired) electrons. The van der Waals surface area contributed by atoms with E-state index in [-0.39, 0.29) is 10.6 Å². The predicted octanol–water partition coefficient (Wildman–Crippen LogP) is 2.98. The van der Waals surface area contributed by atoms with Gasteiger partial charge in [-0.15, -0.1) is 0 Å². The lowest BCUT2D eigenvalue weighted by molar-refractivity contribution is 0.103. The minimum Gasteiger partial charge on any atom is -0.377 e. The highest BCUT2D eigenvalue weighted by molar-refractivity contribution is 6.55. The summed E-state index contributed by atoms with van der Waals surface area (Å²) < 4.78 is 5.34. The number of rotatable bonds is 3. The van der Waals surface area contributed by atoms with Crippen molar-refractivity contribution >= 4 is 23.2 Å². The van der Waals surface area contributed by atoms with E-state index in [0.717, 1.165) is 0 Å². The molecule has 0 aromatic heterocycles. The third kappa shape index (κ3) is 4.15. The predicted molar refractivity (Wildman–Crippen MR) is 45.4 cm³/mol. The fourth-order valence-corrected chi connectivity index (χ4v) is 0.905. The monoisotopic (exact) mass is 182 g/mol. The van der Waals surface area contributed by atoms with Crippen LogP contribution in [0.2, 0.25) is 0 Å². The lowest BCUT2D eigenvalue weighted by Crippen LogP contribution is -2.14. The molecule has 0 aliphatic carbocycles. The molecule has 0 N–H and O–H groups in total. The first-order chi connectivity index (χ1) is 4.57. The average molecular weight is 183 g/mol. The number of ether oxygens (including phenoxy) is 1. The van der Waals surface area contributed by atoms with Gasteiger partial charge in [-0.05, 0) is 12.0 Å². The molecule has 0 aromatic carbocycles. The van der Waals surface area contributed by atoms with E-state index in [1.165, 1.54) is 0 Å². The minimum atomic E-state index is 0.0185. The summed E-state index contributed by atoms with van der Waals surface area (Å²) in [6, 6.07) is 0. The minimum absolute atomic E-state index is 0.0185. The zero-order valence-corrected chi connectivity index (χ0v) is 7.91. The first kappa shape index (κ1) is 10.3. The highest BCUT2D eigenvalue weighted by Crippen LogP contribution is 2.14. The van der Waals surface area contributed by atoms with E-state index >= 15 is 0 Å². The van der Waals surface area contributed by atoms with Gasteiger partial charge in [-0.1, -0.05) is 37.0 Å². The Hall–Kier alpha value is 0.280. The van der Waals surface area contributed by atoms with E-state index in [1.54, 1.807) is 13.2 Å². The van der Waals surface area contributed by atoms with Crippen LogP contribution in [-0.4, -0.2) is 13.2 Å². The Morgan fingerprint density at radius 3 is 2.00 bits per heavy atom. The molecule has 1 nitrogen and oxygen atoms in total. The molecular weight excluding hydrogens is 171 g/mol. The maximum absolute atomic E-state index is 5.44. The summed E-state index contributed by atoms with van der Waals surface area (Å²) in [5.41, 5.74) is 0. The summed E-state index contributed by atoms with van der Waals surface area (Å²) in [4.78, 5) is 0. The Balaban J connectivity index is 3.96.